The normalized spacial score (nSPS) is 17.8. The summed E-state index contributed by atoms with van der Waals surface area (Å²) in [6.07, 6.45) is 1.48. The molecule has 1 aromatic rings. The summed E-state index contributed by atoms with van der Waals surface area (Å²) in [5, 5.41) is 10.4. The summed E-state index contributed by atoms with van der Waals surface area (Å²) in [5.41, 5.74) is 0. The van der Waals surface area contributed by atoms with Crippen molar-refractivity contribution in [3.63, 3.8) is 0 Å². The van der Waals surface area contributed by atoms with E-state index in [1.54, 1.807) is 6.92 Å². The average Bonchev–Trinajstić information content (AvgIpc) is 3.13. The number of carbonyl (C=O) groups excluding carboxylic acids is 1. The number of aryl methyl sites for hydroxylation is 1. The van der Waals surface area contributed by atoms with Crippen LogP contribution < -0.4 is 10.6 Å². The van der Waals surface area contributed by atoms with Crippen molar-refractivity contribution in [2.24, 2.45) is 4.99 Å². The Morgan fingerprint density at radius 1 is 1.48 bits per heavy atom. The van der Waals surface area contributed by atoms with Crippen LogP contribution in [-0.2, 0) is 11.3 Å². The van der Waals surface area contributed by atoms with Crippen LogP contribution in [-0.4, -0.2) is 52.6 Å². The van der Waals surface area contributed by atoms with Gasteiger partial charge in [-0.2, -0.15) is 4.98 Å². The predicted octanol–water partition coefficient (Wildman–Crippen LogP) is 1.06. The largest absolute Gasteiger partial charge is 0.357 e. The molecule has 130 valence electrons. The first-order valence-corrected chi connectivity index (χ1v) is 7.74. The molecule has 1 aliphatic rings. The highest BCUT2D eigenvalue weighted by Crippen LogP contribution is 2.10. The molecule has 9 heteroatoms. The first kappa shape index (κ1) is 19.7. The van der Waals surface area contributed by atoms with Gasteiger partial charge in [0.1, 0.15) is 6.54 Å². The van der Waals surface area contributed by atoms with Crippen molar-refractivity contribution in [2.75, 3.05) is 19.6 Å². The Balaban J connectivity index is 0.00000264. The molecule has 1 fully saturated rings. The zero-order valence-electron chi connectivity index (χ0n) is 13.8. The number of carbonyl (C=O) groups is 1. The fraction of sp³-hybridized carbons (Fsp3) is 0.714. The van der Waals surface area contributed by atoms with Crippen molar-refractivity contribution in [2.45, 2.75) is 46.2 Å². The zero-order chi connectivity index (χ0) is 15.9. The predicted molar refractivity (Wildman–Crippen MR) is 97.7 cm³/mol. The molecule has 1 atom stereocenters. The third kappa shape index (κ3) is 5.96. The monoisotopic (exact) mass is 436 g/mol. The van der Waals surface area contributed by atoms with Crippen LogP contribution in [0.1, 0.15) is 38.4 Å². The number of aromatic nitrogens is 2. The summed E-state index contributed by atoms with van der Waals surface area (Å²) in [6, 6.07) is 0.223. The maximum atomic E-state index is 11.7. The first-order chi connectivity index (χ1) is 10.6. The number of hydrogen-bond donors (Lipinski definition) is 2. The number of guanidine groups is 1. The molecule has 1 amide bonds. The Labute approximate surface area is 153 Å². The van der Waals surface area contributed by atoms with Gasteiger partial charge < -0.3 is 20.1 Å². The lowest BCUT2D eigenvalue weighted by atomic mass is 10.3. The van der Waals surface area contributed by atoms with Crippen LogP contribution in [0.25, 0.3) is 0 Å². The smallest absolute Gasteiger partial charge is 0.223 e. The molecule has 0 saturated carbocycles. The molecule has 8 nitrogen and oxygen atoms in total. The van der Waals surface area contributed by atoms with Crippen LogP contribution in [0.5, 0.6) is 0 Å². The van der Waals surface area contributed by atoms with E-state index in [-0.39, 0.29) is 35.9 Å². The first-order valence-electron chi connectivity index (χ1n) is 7.74. The maximum Gasteiger partial charge on any atom is 0.223 e. The lowest BCUT2D eigenvalue weighted by molar-refractivity contribution is -0.129. The summed E-state index contributed by atoms with van der Waals surface area (Å²) in [7, 11) is 0. The van der Waals surface area contributed by atoms with Crippen LogP contribution >= 0.6 is 24.0 Å². The quantitative estimate of drug-likeness (QED) is 0.407. The van der Waals surface area contributed by atoms with Crippen molar-refractivity contribution in [3.05, 3.63) is 11.7 Å². The highest BCUT2D eigenvalue weighted by molar-refractivity contribution is 14.0. The number of likely N-dealkylation sites (tertiary alicyclic amines) is 1. The molecular formula is C14H25IN6O2. The van der Waals surface area contributed by atoms with E-state index in [2.05, 4.69) is 25.8 Å². The Hall–Kier alpha value is -1.39. The molecule has 0 spiro atoms. The number of amides is 1. The third-order valence-electron chi connectivity index (χ3n) is 3.48. The Morgan fingerprint density at radius 3 is 2.87 bits per heavy atom. The van der Waals surface area contributed by atoms with Gasteiger partial charge in [0.05, 0.1) is 0 Å². The lowest BCUT2D eigenvalue weighted by Gasteiger charge is -2.18. The van der Waals surface area contributed by atoms with E-state index in [4.69, 9.17) is 4.52 Å². The van der Waals surface area contributed by atoms with Gasteiger partial charge >= 0.3 is 0 Å². The minimum Gasteiger partial charge on any atom is -0.357 e. The summed E-state index contributed by atoms with van der Waals surface area (Å²) in [4.78, 5) is 22.2. The summed E-state index contributed by atoms with van der Waals surface area (Å²) >= 11 is 0. The fourth-order valence-corrected chi connectivity index (χ4v) is 2.40. The Bertz CT molecular complexity index is 533. The molecule has 2 heterocycles. The number of nitrogens with one attached hydrogen (secondary N) is 2. The van der Waals surface area contributed by atoms with Crippen molar-refractivity contribution in [1.82, 2.24) is 25.7 Å². The third-order valence-corrected chi connectivity index (χ3v) is 3.48. The van der Waals surface area contributed by atoms with Gasteiger partial charge in [0.25, 0.3) is 0 Å². The van der Waals surface area contributed by atoms with E-state index < -0.39 is 0 Å². The molecule has 0 aromatic carbocycles. The number of halogens is 1. The highest BCUT2D eigenvalue weighted by atomic mass is 127. The summed E-state index contributed by atoms with van der Waals surface area (Å²) in [6.45, 7) is 8.30. The molecule has 1 aliphatic heterocycles. The fourth-order valence-electron chi connectivity index (χ4n) is 2.40. The van der Waals surface area contributed by atoms with Crippen molar-refractivity contribution < 1.29 is 9.32 Å². The van der Waals surface area contributed by atoms with E-state index in [1.807, 2.05) is 18.7 Å². The van der Waals surface area contributed by atoms with E-state index >= 15 is 0 Å². The molecule has 2 N–H and O–H groups in total. The van der Waals surface area contributed by atoms with Crippen molar-refractivity contribution in [1.29, 1.82) is 0 Å². The Kier molecular flexibility index (Phi) is 8.28. The van der Waals surface area contributed by atoms with Gasteiger partial charge in [0.15, 0.2) is 11.8 Å². The second-order valence-corrected chi connectivity index (χ2v) is 5.25. The standard InChI is InChI=1S/C14H24N6O2.HI/c1-4-13(21)20-7-6-11(9-20)18-14(15-5-2)16-8-12-17-10(3)22-19-12;/h11H,4-9H2,1-3H3,(H2,15,16,18);1H. The number of rotatable bonds is 5. The van der Waals surface area contributed by atoms with Gasteiger partial charge in [0.2, 0.25) is 11.8 Å². The molecule has 0 bridgehead atoms. The van der Waals surface area contributed by atoms with E-state index in [9.17, 15) is 4.79 Å². The summed E-state index contributed by atoms with van der Waals surface area (Å²) < 4.78 is 4.93. The number of hydrogen-bond acceptors (Lipinski definition) is 5. The molecule has 1 aromatic heterocycles. The van der Waals surface area contributed by atoms with Gasteiger partial charge in [-0.1, -0.05) is 12.1 Å². The van der Waals surface area contributed by atoms with Gasteiger partial charge in [-0.3, -0.25) is 4.79 Å². The van der Waals surface area contributed by atoms with E-state index in [0.717, 1.165) is 26.1 Å². The molecular weight excluding hydrogens is 411 g/mol. The summed E-state index contributed by atoms with van der Waals surface area (Å²) in [5.74, 6) is 2.01. The Morgan fingerprint density at radius 2 is 2.26 bits per heavy atom. The van der Waals surface area contributed by atoms with Gasteiger partial charge in [-0.25, -0.2) is 4.99 Å². The van der Waals surface area contributed by atoms with Crippen molar-refractivity contribution in [3.8, 4) is 0 Å². The van der Waals surface area contributed by atoms with Gasteiger partial charge in [0, 0.05) is 39.0 Å². The topological polar surface area (TPSA) is 95.7 Å². The zero-order valence-corrected chi connectivity index (χ0v) is 16.2. The van der Waals surface area contributed by atoms with Crippen LogP contribution in [0.15, 0.2) is 9.52 Å². The molecule has 0 aliphatic carbocycles. The second-order valence-electron chi connectivity index (χ2n) is 5.25. The highest BCUT2D eigenvalue weighted by Gasteiger charge is 2.25. The lowest BCUT2D eigenvalue weighted by Crippen LogP contribution is -2.45. The van der Waals surface area contributed by atoms with Gasteiger partial charge in [-0.15, -0.1) is 24.0 Å². The van der Waals surface area contributed by atoms with E-state index in [1.165, 1.54) is 0 Å². The van der Waals surface area contributed by atoms with Crippen LogP contribution in [0.2, 0.25) is 0 Å². The van der Waals surface area contributed by atoms with Crippen LogP contribution in [0.3, 0.4) is 0 Å². The minimum absolute atomic E-state index is 0. The van der Waals surface area contributed by atoms with E-state index in [0.29, 0.717) is 30.6 Å². The van der Waals surface area contributed by atoms with Gasteiger partial charge in [-0.05, 0) is 13.3 Å². The van der Waals surface area contributed by atoms with Crippen molar-refractivity contribution >= 4 is 35.8 Å². The maximum absolute atomic E-state index is 11.7. The minimum atomic E-state index is 0. The molecule has 0 radical (unpaired) electrons. The average molecular weight is 436 g/mol. The molecule has 1 unspecified atom stereocenters. The van der Waals surface area contributed by atoms with Crippen LogP contribution in [0, 0.1) is 6.92 Å². The number of nitrogens with zero attached hydrogens (tertiary/aromatic N) is 4. The SMILES string of the molecule is CCNC(=NCc1noc(C)n1)NC1CCN(C(=O)CC)C1.I. The number of aliphatic imine (C=N–C) groups is 1. The molecule has 1 saturated heterocycles. The van der Waals surface area contributed by atoms with Crippen LogP contribution in [0.4, 0.5) is 0 Å². The second kappa shape index (κ2) is 9.68. The molecule has 23 heavy (non-hydrogen) atoms. The molecule has 2 rings (SSSR count).